The number of ether oxygens (including phenoxy) is 1. The van der Waals surface area contributed by atoms with E-state index in [1.807, 2.05) is 0 Å². The number of hydrogen-bond donors (Lipinski definition) is 0. The highest BCUT2D eigenvalue weighted by atomic mass is 79.9. The van der Waals surface area contributed by atoms with Crippen molar-refractivity contribution in [3.63, 3.8) is 0 Å². The first-order valence-corrected chi connectivity index (χ1v) is 15.5. The second-order valence-corrected chi connectivity index (χ2v) is 13.0. The number of nitro groups is 1. The van der Waals surface area contributed by atoms with Gasteiger partial charge < -0.3 is 4.74 Å². The lowest BCUT2D eigenvalue weighted by Crippen LogP contribution is -2.52. The lowest BCUT2D eigenvalue weighted by atomic mass is 9.81. The van der Waals surface area contributed by atoms with Crippen molar-refractivity contribution in [1.29, 1.82) is 0 Å². The summed E-state index contributed by atoms with van der Waals surface area (Å²) in [5.74, 6) is -4.34. The van der Waals surface area contributed by atoms with Crippen LogP contribution in [0.3, 0.4) is 0 Å². The monoisotopic (exact) mass is 745 g/mol. The first-order chi connectivity index (χ1) is 20.9. The zero-order chi connectivity index (χ0) is 31.7. The standard InChI is InChI=1S/C30H22Br2ClN3O8/c31-24-13-22-23(14-25(24)32)29(40)35(28(22)39)34(27(38)17-1-7-19(33)8-2-17)15-26(37)16-5-11-21(12-6-16)44-30(41)18-3-9-20(10-4-18)36(42)43/h1-12,22-25H,13-15H2/t22-,23+,24+,25-. The Labute approximate surface area is 272 Å². The van der Waals surface area contributed by atoms with E-state index in [1.165, 1.54) is 72.8 Å². The third kappa shape index (κ3) is 6.44. The molecule has 0 aromatic heterocycles. The number of nitro benzene ring substituents is 1. The Bertz CT molecular complexity index is 1620. The van der Waals surface area contributed by atoms with Gasteiger partial charge in [0.15, 0.2) is 5.78 Å². The number of amides is 3. The summed E-state index contributed by atoms with van der Waals surface area (Å²) < 4.78 is 5.30. The maximum Gasteiger partial charge on any atom is 0.343 e. The average Bonchev–Trinajstić information content (AvgIpc) is 3.24. The van der Waals surface area contributed by atoms with Crippen molar-refractivity contribution in [2.24, 2.45) is 11.8 Å². The van der Waals surface area contributed by atoms with Gasteiger partial charge in [-0.05, 0) is 73.5 Å². The predicted molar refractivity (Wildman–Crippen MR) is 165 cm³/mol. The van der Waals surface area contributed by atoms with Crippen LogP contribution < -0.4 is 4.74 Å². The van der Waals surface area contributed by atoms with Gasteiger partial charge in [-0.2, -0.15) is 5.01 Å². The number of non-ortho nitro benzene ring substituents is 1. The molecule has 0 radical (unpaired) electrons. The number of nitrogens with zero attached hydrogens (tertiary/aromatic N) is 3. The largest absolute Gasteiger partial charge is 0.423 e. The van der Waals surface area contributed by atoms with E-state index in [-0.39, 0.29) is 37.8 Å². The number of Topliss-reactive ketones (excluding diaryl/α,β-unsaturated/α-hetero) is 1. The van der Waals surface area contributed by atoms with E-state index in [4.69, 9.17) is 16.3 Å². The normalized spacial score (nSPS) is 21.0. The maximum atomic E-state index is 13.7. The fourth-order valence-electron chi connectivity index (χ4n) is 5.11. The van der Waals surface area contributed by atoms with E-state index in [0.29, 0.717) is 17.9 Å². The van der Waals surface area contributed by atoms with Crippen molar-refractivity contribution in [2.45, 2.75) is 22.5 Å². The summed E-state index contributed by atoms with van der Waals surface area (Å²) in [7, 11) is 0. The number of imide groups is 1. The Morgan fingerprint density at radius 1 is 0.841 bits per heavy atom. The Balaban J connectivity index is 1.35. The van der Waals surface area contributed by atoms with Crippen LogP contribution in [0.2, 0.25) is 5.02 Å². The molecule has 0 spiro atoms. The van der Waals surface area contributed by atoms with Crippen molar-refractivity contribution >= 4 is 78.6 Å². The van der Waals surface area contributed by atoms with E-state index in [2.05, 4.69) is 31.9 Å². The summed E-state index contributed by atoms with van der Waals surface area (Å²) >= 11 is 13.1. The summed E-state index contributed by atoms with van der Waals surface area (Å²) in [6, 6.07) is 16.2. The van der Waals surface area contributed by atoms with Gasteiger partial charge in [0, 0.05) is 37.9 Å². The number of ketones is 1. The molecule has 1 saturated carbocycles. The van der Waals surface area contributed by atoms with Crippen LogP contribution in [0.15, 0.2) is 72.8 Å². The topological polar surface area (TPSA) is 144 Å². The molecule has 2 aliphatic rings. The first-order valence-electron chi connectivity index (χ1n) is 13.3. The number of halogens is 3. The Morgan fingerprint density at radius 2 is 1.34 bits per heavy atom. The molecule has 3 aromatic carbocycles. The third-order valence-electron chi connectivity index (χ3n) is 7.45. The van der Waals surface area contributed by atoms with Gasteiger partial charge in [0.25, 0.3) is 23.4 Å². The minimum absolute atomic E-state index is 0.0458. The van der Waals surface area contributed by atoms with Crippen LogP contribution in [0.25, 0.3) is 0 Å². The summed E-state index contributed by atoms with van der Waals surface area (Å²) in [4.78, 5) is 76.8. The molecule has 1 aliphatic carbocycles. The molecule has 1 heterocycles. The molecule has 2 fully saturated rings. The highest BCUT2D eigenvalue weighted by Crippen LogP contribution is 2.43. The van der Waals surface area contributed by atoms with Crippen molar-refractivity contribution in [3.05, 3.63) is 105 Å². The lowest BCUT2D eigenvalue weighted by molar-refractivity contribution is -0.384. The summed E-state index contributed by atoms with van der Waals surface area (Å²) in [6.07, 6.45) is 0.775. The quantitative estimate of drug-likeness (QED) is 0.0549. The molecule has 0 unspecified atom stereocenters. The number of esters is 1. The molecule has 4 atom stereocenters. The molecular formula is C30H22Br2ClN3O8. The van der Waals surface area contributed by atoms with Crippen LogP contribution in [0, 0.1) is 22.0 Å². The van der Waals surface area contributed by atoms with Gasteiger partial charge in [-0.15, -0.1) is 0 Å². The predicted octanol–water partition coefficient (Wildman–Crippen LogP) is 5.63. The molecule has 14 heteroatoms. The van der Waals surface area contributed by atoms with Gasteiger partial charge >= 0.3 is 5.97 Å². The van der Waals surface area contributed by atoms with Crippen LogP contribution in [-0.4, -0.2) is 60.6 Å². The van der Waals surface area contributed by atoms with Crippen molar-refractivity contribution < 1.29 is 33.6 Å². The number of rotatable bonds is 8. The van der Waals surface area contributed by atoms with Crippen LogP contribution in [-0.2, 0) is 9.59 Å². The van der Waals surface area contributed by atoms with Gasteiger partial charge in [-0.25, -0.2) is 9.80 Å². The number of fused-ring (bicyclic) bond motifs is 1. The van der Waals surface area contributed by atoms with E-state index in [0.717, 1.165) is 10.0 Å². The molecule has 1 saturated heterocycles. The van der Waals surface area contributed by atoms with E-state index < -0.39 is 52.8 Å². The van der Waals surface area contributed by atoms with Gasteiger partial charge in [-0.3, -0.25) is 29.3 Å². The molecule has 3 aromatic rings. The Hall–Kier alpha value is -3.94. The molecule has 1 aliphatic heterocycles. The number of hydrazine groups is 1. The molecule has 226 valence electrons. The van der Waals surface area contributed by atoms with Crippen molar-refractivity contribution in [2.75, 3.05) is 6.54 Å². The summed E-state index contributed by atoms with van der Waals surface area (Å²) in [5, 5.41) is 12.9. The minimum atomic E-state index is -0.761. The first kappa shape index (κ1) is 31.5. The van der Waals surface area contributed by atoms with E-state index in [9.17, 15) is 34.1 Å². The summed E-state index contributed by atoms with van der Waals surface area (Å²) in [5.41, 5.74) is 0.170. The fraction of sp³-hybridized carbons (Fsp3) is 0.233. The highest BCUT2D eigenvalue weighted by molar-refractivity contribution is 9.12. The second-order valence-electron chi connectivity index (χ2n) is 10.2. The molecule has 44 heavy (non-hydrogen) atoms. The molecule has 0 N–H and O–H groups in total. The maximum absolute atomic E-state index is 13.7. The van der Waals surface area contributed by atoms with Crippen LogP contribution in [0.5, 0.6) is 5.75 Å². The second kappa shape index (κ2) is 13.0. The van der Waals surface area contributed by atoms with Crippen molar-refractivity contribution in [1.82, 2.24) is 10.0 Å². The van der Waals surface area contributed by atoms with E-state index >= 15 is 0 Å². The van der Waals surface area contributed by atoms with Crippen LogP contribution in [0.1, 0.15) is 43.9 Å². The number of carbonyl (C=O) groups is 5. The SMILES string of the molecule is O=C(CN(C(=O)c1ccc(Cl)cc1)N1C(=O)[C@H]2C[C@@H](Br)[C@@H](Br)C[C@H]2C1=O)c1ccc(OC(=O)c2ccc([N+](=O)[O-])cc2)cc1. The zero-order valence-corrected chi connectivity index (χ0v) is 26.5. The number of benzene rings is 3. The van der Waals surface area contributed by atoms with Crippen LogP contribution in [0.4, 0.5) is 5.69 Å². The lowest BCUT2D eigenvalue weighted by Gasteiger charge is -2.30. The Morgan fingerprint density at radius 3 is 1.86 bits per heavy atom. The Kier molecular flexibility index (Phi) is 9.28. The van der Waals surface area contributed by atoms with Gasteiger partial charge in [-0.1, -0.05) is 43.5 Å². The number of alkyl halides is 2. The molecule has 3 amide bonds. The van der Waals surface area contributed by atoms with Gasteiger partial charge in [0.05, 0.1) is 22.3 Å². The van der Waals surface area contributed by atoms with E-state index in [1.54, 1.807) is 0 Å². The smallest absolute Gasteiger partial charge is 0.343 e. The zero-order valence-electron chi connectivity index (χ0n) is 22.6. The average molecular weight is 748 g/mol. The third-order valence-corrected chi connectivity index (χ3v) is 10.4. The van der Waals surface area contributed by atoms with Gasteiger partial charge in [0.2, 0.25) is 0 Å². The molecule has 5 rings (SSSR count). The van der Waals surface area contributed by atoms with Crippen molar-refractivity contribution in [3.8, 4) is 5.75 Å². The molecular weight excluding hydrogens is 726 g/mol. The van der Waals surface area contributed by atoms with Gasteiger partial charge in [0.1, 0.15) is 12.3 Å². The highest BCUT2D eigenvalue weighted by Gasteiger charge is 2.54. The summed E-state index contributed by atoms with van der Waals surface area (Å²) in [6.45, 7) is -0.615. The van der Waals surface area contributed by atoms with Crippen LogP contribution >= 0.6 is 43.5 Å². The number of hydrogen-bond acceptors (Lipinski definition) is 8. The molecule has 11 nitrogen and oxygen atoms in total. The fourth-order valence-corrected chi connectivity index (χ4v) is 6.47. The minimum Gasteiger partial charge on any atom is -0.423 e. The molecule has 0 bridgehead atoms. The number of carbonyl (C=O) groups excluding carboxylic acids is 5.